The van der Waals surface area contributed by atoms with Gasteiger partial charge >= 0.3 is 5.76 Å². The summed E-state index contributed by atoms with van der Waals surface area (Å²) < 4.78 is 27.1. The molecule has 2 aliphatic heterocycles. The van der Waals surface area contributed by atoms with Crippen LogP contribution in [0.15, 0.2) is 76.3 Å². The minimum atomic E-state index is -0.833. The van der Waals surface area contributed by atoms with Crippen molar-refractivity contribution in [2.45, 2.75) is 31.7 Å². The van der Waals surface area contributed by atoms with E-state index in [1.807, 2.05) is 12.1 Å². The Hall–Kier alpha value is -3.49. The van der Waals surface area contributed by atoms with Gasteiger partial charge < -0.3 is 14.1 Å². The molecule has 3 heterocycles. The van der Waals surface area contributed by atoms with Crippen molar-refractivity contribution in [2.75, 3.05) is 31.1 Å². The van der Waals surface area contributed by atoms with Crippen LogP contribution in [0.25, 0.3) is 5.57 Å². The fourth-order valence-electron chi connectivity index (χ4n) is 4.77. The second-order valence-electron chi connectivity index (χ2n) is 8.94. The average molecular weight is 478 g/mol. The van der Waals surface area contributed by atoms with Gasteiger partial charge in [-0.3, -0.25) is 14.3 Å². The molecule has 1 fully saturated rings. The molecule has 0 saturated carbocycles. The van der Waals surface area contributed by atoms with E-state index in [1.165, 1.54) is 28.7 Å². The lowest BCUT2D eigenvalue weighted by Gasteiger charge is -2.27. The third-order valence-corrected chi connectivity index (χ3v) is 6.68. The third kappa shape index (κ3) is 5.28. The summed E-state index contributed by atoms with van der Waals surface area (Å²) in [6.07, 6.45) is 6.19. The van der Waals surface area contributed by atoms with Crippen molar-refractivity contribution in [3.05, 3.63) is 94.6 Å². The summed E-state index contributed by atoms with van der Waals surface area (Å²) in [6, 6.07) is 15.5. The minimum absolute atomic E-state index is 0.254. The van der Waals surface area contributed by atoms with Crippen LogP contribution in [0.2, 0.25) is 0 Å². The van der Waals surface area contributed by atoms with E-state index in [0.29, 0.717) is 24.1 Å². The van der Waals surface area contributed by atoms with Crippen molar-refractivity contribution in [3.8, 4) is 0 Å². The molecule has 0 spiro atoms. The van der Waals surface area contributed by atoms with Crippen LogP contribution in [-0.2, 0) is 22.5 Å². The van der Waals surface area contributed by atoms with E-state index >= 15 is 4.39 Å². The van der Waals surface area contributed by atoms with Crippen LogP contribution in [0.4, 0.5) is 10.1 Å². The Morgan fingerprint density at radius 1 is 1.14 bits per heavy atom. The summed E-state index contributed by atoms with van der Waals surface area (Å²) in [5, 5.41) is 0. The number of rotatable bonds is 8. The van der Waals surface area contributed by atoms with E-state index in [-0.39, 0.29) is 12.4 Å². The molecule has 2 aliphatic rings. The van der Waals surface area contributed by atoms with Crippen LogP contribution in [0.5, 0.6) is 0 Å². The summed E-state index contributed by atoms with van der Waals surface area (Å²) in [5.74, 6) is -0.796. The van der Waals surface area contributed by atoms with Gasteiger partial charge in [0.1, 0.15) is 12.1 Å². The zero-order valence-electron chi connectivity index (χ0n) is 19.4. The van der Waals surface area contributed by atoms with Gasteiger partial charge in [-0.05, 0) is 42.2 Å². The third-order valence-electron chi connectivity index (χ3n) is 6.68. The van der Waals surface area contributed by atoms with Crippen molar-refractivity contribution < 1.29 is 18.3 Å². The average Bonchev–Trinajstić information content (AvgIpc) is 3.49. The summed E-state index contributed by atoms with van der Waals surface area (Å²) in [6.45, 7) is 3.28. The summed E-state index contributed by atoms with van der Waals surface area (Å²) in [5.41, 5.74) is 3.50. The first-order chi connectivity index (χ1) is 17.1. The zero-order valence-corrected chi connectivity index (χ0v) is 19.4. The number of hydrogen-bond acceptors (Lipinski definition) is 6. The van der Waals surface area contributed by atoms with E-state index in [2.05, 4.69) is 35.2 Å². The number of aromatic nitrogens is 1. The Morgan fingerprint density at radius 2 is 2.00 bits per heavy atom. The number of ether oxygens (including phenoxy) is 1. The van der Waals surface area contributed by atoms with Gasteiger partial charge in [0.05, 0.1) is 12.6 Å². The molecule has 2 atom stereocenters. The predicted octanol–water partition coefficient (Wildman–Crippen LogP) is 3.34. The van der Waals surface area contributed by atoms with E-state index < -0.39 is 18.1 Å². The Labute approximate surface area is 203 Å². The first-order valence-corrected chi connectivity index (χ1v) is 11.9. The molecule has 0 radical (unpaired) electrons. The number of nitrogens with zero attached hydrogens (tertiary/aromatic N) is 3. The fraction of sp³-hybridized carbons (Fsp3) is 0.333. The van der Waals surface area contributed by atoms with Gasteiger partial charge in [-0.25, -0.2) is 9.18 Å². The maximum Gasteiger partial charge on any atom is 0.418 e. The lowest BCUT2D eigenvalue weighted by Crippen LogP contribution is -2.32. The Balaban J connectivity index is 1.23. The smallest absolute Gasteiger partial charge is 0.416 e. The number of halogens is 1. The maximum atomic E-state index is 15.2. The maximum absolute atomic E-state index is 15.2. The highest BCUT2D eigenvalue weighted by molar-refractivity contribution is 5.71. The highest BCUT2D eigenvalue weighted by Crippen LogP contribution is 2.30. The Kier molecular flexibility index (Phi) is 6.92. The fourth-order valence-corrected chi connectivity index (χ4v) is 4.77. The molecular formula is C27H28FN3O4. The second-order valence-corrected chi connectivity index (χ2v) is 8.94. The van der Waals surface area contributed by atoms with E-state index in [1.54, 1.807) is 11.0 Å². The molecule has 1 unspecified atom stereocenters. The van der Waals surface area contributed by atoms with Gasteiger partial charge in [0.15, 0.2) is 12.5 Å². The van der Waals surface area contributed by atoms with Gasteiger partial charge in [0.2, 0.25) is 0 Å². The predicted molar refractivity (Wildman–Crippen MR) is 131 cm³/mol. The van der Waals surface area contributed by atoms with Gasteiger partial charge in [0, 0.05) is 43.6 Å². The molecule has 35 heavy (non-hydrogen) atoms. The van der Waals surface area contributed by atoms with Crippen LogP contribution < -0.4 is 10.7 Å². The largest absolute Gasteiger partial charge is 0.418 e. The van der Waals surface area contributed by atoms with Gasteiger partial charge in [-0.2, -0.15) is 0 Å². The number of hydrogen-bond donors (Lipinski definition) is 0. The van der Waals surface area contributed by atoms with Crippen molar-refractivity contribution in [1.82, 2.24) is 9.47 Å². The van der Waals surface area contributed by atoms with E-state index in [0.717, 1.165) is 38.0 Å². The number of benzene rings is 2. The van der Waals surface area contributed by atoms with Crippen molar-refractivity contribution in [2.24, 2.45) is 0 Å². The van der Waals surface area contributed by atoms with Crippen molar-refractivity contribution >= 4 is 17.5 Å². The minimum Gasteiger partial charge on any atom is -0.416 e. The Bertz CT molecular complexity index is 1250. The molecule has 182 valence electrons. The number of carbonyl (C=O) groups excluding carboxylic acids is 1. The lowest BCUT2D eigenvalue weighted by atomic mass is 9.98. The van der Waals surface area contributed by atoms with Crippen LogP contribution in [0.1, 0.15) is 17.5 Å². The molecule has 1 aromatic heterocycles. The van der Waals surface area contributed by atoms with Gasteiger partial charge in [-0.1, -0.05) is 36.4 Å². The van der Waals surface area contributed by atoms with Crippen LogP contribution in [0.3, 0.4) is 0 Å². The topological polar surface area (TPSA) is 67.9 Å². The standard InChI is InChI=1S/C27H28FN3O4/c28-25-16-22(31-18-23(35-26(31)19-32)17-30-14-15-34-27(30)33)6-7-24(25)21-9-12-29(13-10-21)11-8-20-4-2-1-3-5-20/h1-7,9,14-16,19,23,26H,8,10-13,17-18H2/t23-,26?/m1/s1. The lowest BCUT2D eigenvalue weighted by molar-refractivity contribution is -0.117. The van der Waals surface area contributed by atoms with Gasteiger partial charge in [-0.15, -0.1) is 0 Å². The van der Waals surface area contributed by atoms with Crippen molar-refractivity contribution in [3.63, 3.8) is 0 Å². The number of oxazole rings is 1. The molecule has 8 heteroatoms. The molecule has 5 rings (SSSR count). The highest BCUT2D eigenvalue weighted by atomic mass is 19.1. The first-order valence-electron chi connectivity index (χ1n) is 11.9. The zero-order chi connectivity index (χ0) is 24.2. The van der Waals surface area contributed by atoms with Crippen LogP contribution in [0, 0.1) is 5.82 Å². The molecule has 0 amide bonds. The first kappa shape index (κ1) is 23.3. The summed E-state index contributed by atoms with van der Waals surface area (Å²) >= 11 is 0. The van der Waals surface area contributed by atoms with Crippen molar-refractivity contribution in [1.29, 1.82) is 0 Å². The SMILES string of the molecule is O=CC1O[C@H](Cn2ccoc2=O)CN1c1ccc(C2=CCN(CCc3ccccc3)CC2)c(F)c1. The second kappa shape index (κ2) is 10.4. The number of anilines is 1. The number of aldehydes is 1. The Morgan fingerprint density at radius 3 is 2.69 bits per heavy atom. The molecule has 0 aliphatic carbocycles. The molecule has 1 saturated heterocycles. The summed E-state index contributed by atoms with van der Waals surface area (Å²) in [7, 11) is 0. The van der Waals surface area contributed by atoms with Crippen LogP contribution in [-0.4, -0.2) is 54.3 Å². The van der Waals surface area contributed by atoms with E-state index in [4.69, 9.17) is 9.15 Å². The molecule has 7 nitrogen and oxygen atoms in total. The van der Waals surface area contributed by atoms with E-state index in [9.17, 15) is 9.59 Å². The molecule has 3 aromatic rings. The monoisotopic (exact) mass is 477 g/mol. The van der Waals surface area contributed by atoms with Gasteiger partial charge in [0.25, 0.3) is 0 Å². The molecular weight excluding hydrogens is 449 g/mol. The molecule has 2 aromatic carbocycles. The normalized spacial score (nSPS) is 20.7. The highest BCUT2D eigenvalue weighted by Gasteiger charge is 2.33. The van der Waals surface area contributed by atoms with Crippen LogP contribution >= 0.6 is 0 Å². The molecule has 0 bridgehead atoms. The quantitative estimate of drug-likeness (QED) is 0.464. The summed E-state index contributed by atoms with van der Waals surface area (Å²) in [4.78, 5) is 27.4. The number of carbonyl (C=O) groups is 1. The molecule has 0 N–H and O–H groups in total.